The van der Waals surface area contributed by atoms with Crippen molar-refractivity contribution in [3.05, 3.63) is 111 Å². The van der Waals surface area contributed by atoms with E-state index in [1.54, 1.807) is 39.8 Å². The normalized spacial score (nSPS) is 23.8. The second-order valence-electron chi connectivity index (χ2n) is 14.4. The van der Waals surface area contributed by atoms with Gasteiger partial charge >= 0.3 is 0 Å². The maximum absolute atomic E-state index is 16.4. The van der Waals surface area contributed by atoms with Gasteiger partial charge in [0.2, 0.25) is 14.3 Å². The van der Waals surface area contributed by atoms with Gasteiger partial charge in [0.05, 0.1) is 48.0 Å². The van der Waals surface area contributed by atoms with E-state index in [9.17, 15) is 24.8 Å². The van der Waals surface area contributed by atoms with Crippen molar-refractivity contribution in [2.24, 2.45) is 5.92 Å². The van der Waals surface area contributed by atoms with Gasteiger partial charge in [-0.15, -0.1) is 5.10 Å². The monoisotopic (exact) mass is 727 g/mol. The number of hydrogen-bond donors (Lipinski definition) is 2. The number of ether oxygens (including phenoxy) is 1. The number of nitrogens with one attached hydrogen (secondary N) is 1. The van der Waals surface area contributed by atoms with Gasteiger partial charge in [-0.05, 0) is 48.8 Å². The first-order chi connectivity index (χ1) is 24.9. The van der Waals surface area contributed by atoms with Crippen LogP contribution in [-0.2, 0) is 33.0 Å². The number of nitro benzene ring substituents is 1. The van der Waals surface area contributed by atoms with Crippen LogP contribution in [0.5, 0.6) is 0 Å². The lowest BCUT2D eigenvalue weighted by atomic mass is 9.82. The summed E-state index contributed by atoms with van der Waals surface area (Å²) in [4.78, 5) is 42.3. The summed E-state index contributed by atoms with van der Waals surface area (Å²) in [5, 5.41) is 33.8. The van der Waals surface area contributed by atoms with Gasteiger partial charge in [0.1, 0.15) is 0 Å². The van der Waals surface area contributed by atoms with Gasteiger partial charge in [0.25, 0.3) is 11.6 Å². The number of piperazine rings is 1. The molecule has 272 valence electrons. The number of anilines is 2. The number of halogens is 1. The number of nitrogens with zero attached hydrogens (tertiary/aromatic N) is 6. The summed E-state index contributed by atoms with van der Waals surface area (Å²) in [6.07, 6.45) is 1.38. The zero-order chi connectivity index (χ0) is 36.8. The summed E-state index contributed by atoms with van der Waals surface area (Å²) >= 11 is 0. The standard InChI is InChI=1S/C37H42FN7O6Si/c1-24-35(52(2,3)38)33(14-16-42-22-31(40-41-42)29(23-46)26-9-5-4-6-10-26)51-37(24)30-19-28(45(49)50)12-13-32(30)44(36(37)48)21-25-8-7-11-27(18-25)43-17-15-39-20-34(43)47/h4-13,18-19,22,24,29,33,35,39,46H,14-17,20-21,23H2,1-3H3/t24-,29?,33+,35-,37+/m0/s1. The summed E-state index contributed by atoms with van der Waals surface area (Å²) < 4.78 is 24.9. The number of rotatable bonds is 11. The Hall–Kier alpha value is -4.83. The molecule has 2 N–H and O–H groups in total. The van der Waals surface area contributed by atoms with Gasteiger partial charge in [-0.1, -0.05) is 54.6 Å². The van der Waals surface area contributed by atoms with Gasteiger partial charge in [0.15, 0.2) is 5.60 Å². The Kier molecular flexibility index (Phi) is 9.54. The number of benzene rings is 3. The molecule has 1 spiro atoms. The molecule has 3 aliphatic heterocycles. The Bertz CT molecular complexity index is 1990. The Morgan fingerprint density at radius 2 is 1.92 bits per heavy atom. The summed E-state index contributed by atoms with van der Waals surface area (Å²) in [5.74, 6) is -1.46. The smallest absolute Gasteiger partial charge is 0.269 e. The molecule has 4 aromatic rings. The van der Waals surface area contributed by atoms with E-state index in [1.165, 1.54) is 12.1 Å². The molecule has 1 unspecified atom stereocenters. The number of aryl methyl sites for hydroxylation is 1. The highest BCUT2D eigenvalue weighted by Crippen LogP contribution is 2.60. The number of nitro groups is 1. The van der Waals surface area contributed by atoms with E-state index in [4.69, 9.17) is 4.74 Å². The van der Waals surface area contributed by atoms with Crippen LogP contribution in [0.2, 0.25) is 18.6 Å². The molecule has 15 heteroatoms. The molecule has 13 nitrogen and oxygen atoms in total. The van der Waals surface area contributed by atoms with Crippen LogP contribution in [-0.4, -0.2) is 77.6 Å². The van der Waals surface area contributed by atoms with Crippen molar-refractivity contribution in [2.45, 2.75) is 62.7 Å². The van der Waals surface area contributed by atoms with E-state index in [0.29, 0.717) is 43.0 Å². The Morgan fingerprint density at radius 3 is 2.63 bits per heavy atom. The number of aliphatic hydroxyl groups is 1. The minimum Gasteiger partial charge on any atom is -0.395 e. The fourth-order valence-corrected chi connectivity index (χ4v) is 10.9. The molecule has 0 radical (unpaired) electrons. The molecule has 1 aromatic heterocycles. The number of aliphatic hydroxyl groups excluding tert-OH is 1. The maximum atomic E-state index is 16.4. The first-order valence-corrected chi connectivity index (χ1v) is 20.5. The van der Waals surface area contributed by atoms with Crippen molar-refractivity contribution in [3.8, 4) is 0 Å². The third kappa shape index (κ3) is 6.31. The molecule has 2 fully saturated rings. The van der Waals surface area contributed by atoms with Crippen LogP contribution in [0.4, 0.5) is 21.2 Å². The number of carbonyl (C=O) groups excluding carboxylic acids is 2. The van der Waals surface area contributed by atoms with Gasteiger partial charge < -0.3 is 29.1 Å². The summed E-state index contributed by atoms with van der Waals surface area (Å²) in [5.41, 5.74) is 1.34. The van der Waals surface area contributed by atoms with E-state index in [0.717, 1.165) is 16.8 Å². The minimum atomic E-state index is -3.51. The second-order valence-corrected chi connectivity index (χ2v) is 18.1. The SMILES string of the molecule is C[C@H]1[C@H]([Si](C)(C)F)[C@@H](CCn2cc(C(CO)c3ccccc3)nn2)O[C@]12C(=O)N(Cc1cccc(N3CCNCC3=O)c1)c1ccc([N+](=O)[O-])cc12. The van der Waals surface area contributed by atoms with Crippen LogP contribution in [0.1, 0.15) is 41.6 Å². The predicted octanol–water partition coefficient (Wildman–Crippen LogP) is 4.66. The zero-order valence-corrected chi connectivity index (χ0v) is 30.3. The van der Waals surface area contributed by atoms with Crippen LogP contribution < -0.4 is 15.1 Å². The molecule has 0 bridgehead atoms. The van der Waals surface area contributed by atoms with E-state index in [1.807, 2.05) is 61.5 Å². The first-order valence-electron chi connectivity index (χ1n) is 17.6. The molecular formula is C37H42FN7O6Si. The number of hydrogen-bond acceptors (Lipinski definition) is 9. The fourth-order valence-electron chi connectivity index (χ4n) is 8.36. The van der Waals surface area contributed by atoms with Gasteiger partial charge in [0, 0.05) is 60.7 Å². The van der Waals surface area contributed by atoms with E-state index >= 15 is 4.11 Å². The van der Waals surface area contributed by atoms with Crippen LogP contribution in [0, 0.1) is 16.0 Å². The van der Waals surface area contributed by atoms with E-state index < -0.39 is 42.4 Å². The van der Waals surface area contributed by atoms with Crippen molar-refractivity contribution in [1.82, 2.24) is 20.3 Å². The molecule has 4 heterocycles. The highest BCUT2D eigenvalue weighted by Gasteiger charge is 2.67. The molecule has 7 rings (SSSR count). The largest absolute Gasteiger partial charge is 0.395 e. The van der Waals surface area contributed by atoms with Gasteiger partial charge in [-0.3, -0.25) is 24.4 Å². The first kappa shape index (κ1) is 35.6. The number of aromatic nitrogens is 3. The average Bonchev–Trinajstić information content (AvgIpc) is 3.78. The summed E-state index contributed by atoms with van der Waals surface area (Å²) in [6, 6.07) is 21.3. The minimum absolute atomic E-state index is 0.0490. The van der Waals surface area contributed by atoms with Gasteiger partial charge in [-0.25, -0.2) is 0 Å². The molecule has 3 aliphatic rings. The fraction of sp³-hybridized carbons (Fsp3) is 0.405. The molecule has 2 saturated heterocycles. The number of carbonyl (C=O) groups is 2. The van der Waals surface area contributed by atoms with Crippen molar-refractivity contribution < 1.29 is 28.5 Å². The molecule has 3 aromatic carbocycles. The van der Waals surface area contributed by atoms with Crippen LogP contribution in [0.3, 0.4) is 0 Å². The molecule has 0 aliphatic carbocycles. The Morgan fingerprint density at radius 1 is 1.13 bits per heavy atom. The average molecular weight is 728 g/mol. The van der Waals surface area contributed by atoms with Crippen LogP contribution in [0.15, 0.2) is 79.0 Å². The highest BCUT2D eigenvalue weighted by molar-refractivity contribution is 6.72. The van der Waals surface area contributed by atoms with Crippen molar-refractivity contribution in [1.29, 1.82) is 0 Å². The third-order valence-electron chi connectivity index (χ3n) is 10.7. The van der Waals surface area contributed by atoms with E-state index in [2.05, 4.69) is 15.6 Å². The third-order valence-corrected chi connectivity index (χ3v) is 13.2. The lowest BCUT2D eigenvalue weighted by molar-refractivity contribution is -0.385. The molecule has 5 atom stereocenters. The van der Waals surface area contributed by atoms with Crippen LogP contribution in [0.25, 0.3) is 0 Å². The second kappa shape index (κ2) is 14.0. The summed E-state index contributed by atoms with van der Waals surface area (Å²) in [7, 11) is -3.51. The molecule has 2 amide bonds. The number of non-ortho nitro benzene ring substituents is 1. The lowest BCUT2D eigenvalue weighted by Gasteiger charge is -2.31. The predicted molar refractivity (Wildman–Crippen MR) is 194 cm³/mol. The lowest BCUT2D eigenvalue weighted by Crippen LogP contribution is -2.48. The molecule has 52 heavy (non-hydrogen) atoms. The van der Waals surface area contributed by atoms with Crippen LogP contribution >= 0.6 is 0 Å². The Balaban J connectivity index is 1.20. The quantitative estimate of drug-likeness (QED) is 0.0972. The van der Waals surface area contributed by atoms with E-state index in [-0.39, 0.29) is 37.2 Å². The van der Waals surface area contributed by atoms with Crippen molar-refractivity contribution >= 4 is 37.3 Å². The molecular weight excluding hydrogens is 686 g/mol. The summed E-state index contributed by atoms with van der Waals surface area (Å²) in [6.45, 7) is 6.74. The zero-order valence-electron chi connectivity index (χ0n) is 29.3. The maximum Gasteiger partial charge on any atom is 0.269 e. The van der Waals surface area contributed by atoms with Crippen molar-refractivity contribution in [3.63, 3.8) is 0 Å². The number of fused-ring (bicyclic) bond motifs is 2. The van der Waals surface area contributed by atoms with Gasteiger partial charge in [-0.2, -0.15) is 0 Å². The topological polar surface area (TPSA) is 156 Å². The highest BCUT2D eigenvalue weighted by atomic mass is 28.4. The van der Waals surface area contributed by atoms with Crippen molar-refractivity contribution in [2.75, 3.05) is 36.0 Å². The Labute approximate surface area is 301 Å². The number of amides is 2. The molecule has 0 saturated carbocycles.